The fourth-order valence-electron chi connectivity index (χ4n) is 3.84. The van der Waals surface area contributed by atoms with Gasteiger partial charge in [0.25, 0.3) is 5.91 Å². The van der Waals surface area contributed by atoms with E-state index in [-0.39, 0.29) is 11.9 Å². The van der Waals surface area contributed by atoms with Crippen LogP contribution in [0.5, 0.6) is 5.75 Å². The predicted octanol–water partition coefficient (Wildman–Crippen LogP) is 3.06. The molecule has 5 nitrogen and oxygen atoms in total. The van der Waals surface area contributed by atoms with Gasteiger partial charge in [-0.2, -0.15) is 0 Å². The average molecular weight is 363 g/mol. The second-order valence-corrected chi connectivity index (χ2v) is 7.13. The number of amides is 1. The Morgan fingerprint density at radius 2 is 2.00 bits per heavy atom. The summed E-state index contributed by atoms with van der Waals surface area (Å²) in [5, 5.41) is 2.99. The van der Waals surface area contributed by atoms with Crippen molar-refractivity contribution in [2.24, 2.45) is 11.7 Å². The van der Waals surface area contributed by atoms with Crippen molar-refractivity contribution in [1.82, 2.24) is 5.32 Å². The van der Waals surface area contributed by atoms with Gasteiger partial charge in [-0.05, 0) is 37.3 Å². The first kappa shape index (κ1) is 20.7. The number of rotatable bonds is 10. The highest BCUT2D eigenvalue weighted by molar-refractivity contribution is 5.81. The van der Waals surface area contributed by atoms with Crippen LogP contribution in [0, 0.1) is 5.92 Å². The largest absolute Gasteiger partial charge is 0.496 e. The molecule has 0 radical (unpaired) electrons. The summed E-state index contributed by atoms with van der Waals surface area (Å²) in [6, 6.07) is 7.61. The van der Waals surface area contributed by atoms with E-state index in [1.54, 1.807) is 7.11 Å². The first-order chi connectivity index (χ1) is 12.7. The molecule has 1 aliphatic rings. The number of nitrogens with one attached hydrogen (secondary N) is 1. The Morgan fingerprint density at radius 1 is 1.27 bits per heavy atom. The molecule has 3 N–H and O–H groups in total. The Morgan fingerprint density at radius 3 is 2.69 bits per heavy atom. The summed E-state index contributed by atoms with van der Waals surface area (Å²) in [7, 11) is 1.66. The number of hydrogen-bond acceptors (Lipinski definition) is 4. The maximum absolute atomic E-state index is 12.6. The van der Waals surface area contributed by atoms with Gasteiger partial charge in [-0.25, -0.2) is 0 Å². The standard InChI is InChI=1S/C21H34N2O3/c1-3-26-20(18(22)15-16-9-5-4-6-10-16)21(24)23-14-13-17-11-7-8-12-19(17)25-2/h7-8,11-12,16,18,20H,3-6,9-10,13-15,22H2,1-2H3,(H,23,24)/t18-,20?/m1/s1. The fourth-order valence-corrected chi connectivity index (χ4v) is 3.84. The summed E-state index contributed by atoms with van der Waals surface area (Å²) in [6.45, 7) is 2.93. The summed E-state index contributed by atoms with van der Waals surface area (Å²) in [5.74, 6) is 1.37. The maximum atomic E-state index is 12.6. The number of hydrogen-bond donors (Lipinski definition) is 2. The number of nitrogens with two attached hydrogens (primary N) is 1. The molecule has 0 saturated heterocycles. The van der Waals surface area contributed by atoms with Crippen LogP contribution in [-0.2, 0) is 16.0 Å². The molecule has 1 aliphatic carbocycles. The predicted molar refractivity (Wildman–Crippen MR) is 104 cm³/mol. The molecule has 1 fully saturated rings. The van der Waals surface area contributed by atoms with E-state index in [1.165, 1.54) is 32.1 Å². The molecule has 1 saturated carbocycles. The van der Waals surface area contributed by atoms with Gasteiger partial charge in [0.15, 0.2) is 6.10 Å². The minimum atomic E-state index is -0.570. The number of para-hydroxylation sites is 1. The summed E-state index contributed by atoms with van der Waals surface area (Å²) >= 11 is 0. The summed E-state index contributed by atoms with van der Waals surface area (Å²) < 4.78 is 11.0. The van der Waals surface area contributed by atoms with E-state index in [0.717, 1.165) is 17.7 Å². The zero-order valence-electron chi connectivity index (χ0n) is 16.2. The zero-order valence-corrected chi connectivity index (χ0v) is 16.2. The topological polar surface area (TPSA) is 73.6 Å². The quantitative estimate of drug-likeness (QED) is 0.671. The Bertz CT molecular complexity index is 544. The van der Waals surface area contributed by atoms with Crippen molar-refractivity contribution in [1.29, 1.82) is 0 Å². The number of carbonyl (C=O) groups excluding carboxylic acids is 1. The van der Waals surface area contributed by atoms with Crippen molar-refractivity contribution in [3.8, 4) is 5.75 Å². The highest BCUT2D eigenvalue weighted by Gasteiger charge is 2.28. The number of methoxy groups -OCH3 is 1. The van der Waals surface area contributed by atoms with Gasteiger partial charge >= 0.3 is 0 Å². The molecule has 0 aromatic heterocycles. The second kappa shape index (κ2) is 11.2. The van der Waals surface area contributed by atoms with Crippen LogP contribution in [0.2, 0.25) is 0 Å². The molecule has 1 amide bonds. The SMILES string of the molecule is CCOC(C(=O)NCCc1ccccc1OC)[C@H](N)CC1CCCCC1. The van der Waals surface area contributed by atoms with Gasteiger partial charge in [0.1, 0.15) is 5.75 Å². The third kappa shape index (κ3) is 6.29. The molecule has 1 unspecified atom stereocenters. The molecule has 1 aromatic carbocycles. The molecule has 0 bridgehead atoms. The van der Waals surface area contributed by atoms with E-state index in [4.69, 9.17) is 15.2 Å². The molecule has 0 spiro atoms. The van der Waals surface area contributed by atoms with E-state index in [2.05, 4.69) is 5.32 Å². The minimum Gasteiger partial charge on any atom is -0.496 e. The summed E-state index contributed by atoms with van der Waals surface area (Å²) in [6.07, 6.45) is 7.34. The van der Waals surface area contributed by atoms with E-state index >= 15 is 0 Å². The molecule has 5 heteroatoms. The fraction of sp³-hybridized carbons (Fsp3) is 0.667. The lowest BCUT2D eigenvalue weighted by atomic mass is 9.84. The van der Waals surface area contributed by atoms with Crippen LogP contribution in [0.15, 0.2) is 24.3 Å². The van der Waals surface area contributed by atoms with Crippen molar-refractivity contribution in [2.45, 2.75) is 64.0 Å². The zero-order chi connectivity index (χ0) is 18.8. The Kier molecular flexibility index (Phi) is 8.92. The smallest absolute Gasteiger partial charge is 0.250 e. The highest BCUT2D eigenvalue weighted by atomic mass is 16.5. The average Bonchev–Trinajstić information content (AvgIpc) is 2.67. The van der Waals surface area contributed by atoms with Gasteiger partial charge < -0.3 is 20.5 Å². The van der Waals surface area contributed by atoms with Crippen molar-refractivity contribution in [3.05, 3.63) is 29.8 Å². The third-order valence-electron chi connectivity index (χ3n) is 5.21. The van der Waals surface area contributed by atoms with Gasteiger partial charge in [-0.3, -0.25) is 4.79 Å². The van der Waals surface area contributed by atoms with Crippen molar-refractivity contribution < 1.29 is 14.3 Å². The summed E-state index contributed by atoms with van der Waals surface area (Å²) in [5.41, 5.74) is 7.44. The molecule has 26 heavy (non-hydrogen) atoms. The van der Waals surface area contributed by atoms with E-state index in [0.29, 0.717) is 25.5 Å². The van der Waals surface area contributed by atoms with Crippen molar-refractivity contribution in [3.63, 3.8) is 0 Å². The van der Waals surface area contributed by atoms with Crippen LogP contribution in [0.4, 0.5) is 0 Å². The lowest BCUT2D eigenvalue weighted by Crippen LogP contribution is -2.49. The third-order valence-corrected chi connectivity index (χ3v) is 5.21. The van der Waals surface area contributed by atoms with E-state index in [9.17, 15) is 4.79 Å². The van der Waals surface area contributed by atoms with Crippen molar-refractivity contribution >= 4 is 5.91 Å². The van der Waals surface area contributed by atoms with Crippen LogP contribution in [0.25, 0.3) is 0 Å². The van der Waals surface area contributed by atoms with E-state index in [1.807, 2.05) is 31.2 Å². The molecule has 0 heterocycles. The Labute approximate surface area is 157 Å². The highest BCUT2D eigenvalue weighted by Crippen LogP contribution is 2.28. The number of ether oxygens (including phenoxy) is 2. The molecule has 146 valence electrons. The normalized spacial score (nSPS) is 17.5. The first-order valence-corrected chi connectivity index (χ1v) is 9.92. The Hall–Kier alpha value is -1.59. The van der Waals surface area contributed by atoms with Crippen LogP contribution in [-0.4, -0.2) is 38.3 Å². The van der Waals surface area contributed by atoms with Gasteiger partial charge in [-0.15, -0.1) is 0 Å². The minimum absolute atomic E-state index is 0.106. The Balaban J connectivity index is 1.84. The molecule has 0 aliphatic heterocycles. The lowest BCUT2D eigenvalue weighted by molar-refractivity contribution is -0.134. The number of benzene rings is 1. The number of carbonyl (C=O) groups is 1. The van der Waals surface area contributed by atoms with Crippen molar-refractivity contribution in [2.75, 3.05) is 20.3 Å². The van der Waals surface area contributed by atoms with E-state index < -0.39 is 6.10 Å². The maximum Gasteiger partial charge on any atom is 0.250 e. The summed E-state index contributed by atoms with van der Waals surface area (Å²) in [4.78, 5) is 12.6. The van der Waals surface area contributed by atoms with Crippen LogP contribution in [0.1, 0.15) is 51.0 Å². The molecular weight excluding hydrogens is 328 g/mol. The van der Waals surface area contributed by atoms with Gasteiger partial charge in [0.2, 0.25) is 0 Å². The van der Waals surface area contributed by atoms with Crippen LogP contribution >= 0.6 is 0 Å². The second-order valence-electron chi connectivity index (χ2n) is 7.13. The molecule has 2 rings (SSSR count). The molecular formula is C21H34N2O3. The first-order valence-electron chi connectivity index (χ1n) is 9.92. The lowest BCUT2D eigenvalue weighted by Gasteiger charge is -2.28. The van der Waals surface area contributed by atoms with Crippen LogP contribution < -0.4 is 15.8 Å². The van der Waals surface area contributed by atoms with Gasteiger partial charge in [0.05, 0.1) is 7.11 Å². The van der Waals surface area contributed by atoms with Gasteiger partial charge in [-0.1, -0.05) is 50.3 Å². The molecule has 2 atom stereocenters. The van der Waals surface area contributed by atoms with Gasteiger partial charge in [0, 0.05) is 19.2 Å². The molecule has 1 aromatic rings. The monoisotopic (exact) mass is 362 g/mol. The van der Waals surface area contributed by atoms with Crippen LogP contribution in [0.3, 0.4) is 0 Å².